The van der Waals surface area contributed by atoms with Gasteiger partial charge in [-0.05, 0) is 63.4 Å². The topological polar surface area (TPSA) is 98.9 Å². The first kappa shape index (κ1) is 22.8. The minimum atomic E-state index is -1.11. The van der Waals surface area contributed by atoms with Gasteiger partial charge in [0.15, 0.2) is 5.78 Å². The summed E-state index contributed by atoms with van der Waals surface area (Å²) in [5.41, 5.74) is -0.759. The molecular weight excluding hydrogens is 422 g/mol. The van der Waals surface area contributed by atoms with Crippen molar-refractivity contribution in [1.29, 1.82) is 0 Å². The summed E-state index contributed by atoms with van der Waals surface area (Å²) in [6.45, 7) is 8.72. The zero-order chi connectivity index (χ0) is 23.1. The van der Waals surface area contributed by atoms with Gasteiger partial charge in [-0.15, -0.1) is 0 Å². The Labute approximate surface area is 185 Å². The van der Waals surface area contributed by atoms with Gasteiger partial charge in [-0.25, -0.2) is 0 Å². The Kier molecular flexibility index (Phi) is 5.86. The van der Waals surface area contributed by atoms with E-state index in [-0.39, 0.29) is 27.8 Å². The Morgan fingerprint density at radius 1 is 1.10 bits per heavy atom. The van der Waals surface area contributed by atoms with Crippen LogP contribution in [0.2, 0.25) is 5.02 Å². The highest BCUT2D eigenvalue weighted by Crippen LogP contribution is 2.42. The van der Waals surface area contributed by atoms with Crippen LogP contribution in [0.5, 0.6) is 11.5 Å². The SMILES string of the molecule is CCc1ccc(Oc2ccc([N+](=O)[O-])c(Cl)c2)cc1C1=C(O)C(C)(C)OC(C)(C)C1=O. The van der Waals surface area contributed by atoms with Crippen LogP contribution >= 0.6 is 11.6 Å². The van der Waals surface area contributed by atoms with Crippen LogP contribution in [-0.2, 0) is 16.0 Å². The number of aliphatic hydroxyl groups is 1. The number of carbonyl (C=O) groups excluding carboxylic acids is 1. The van der Waals surface area contributed by atoms with Gasteiger partial charge in [0.2, 0.25) is 0 Å². The second-order valence-electron chi connectivity index (χ2n) is 8.32. The molecule has 1 N–H and O–H groups in total. The van der Waals surface area contributed by atoms with Crippen LogP contribution < -0.4 is 4.74 Å². The zero-order valence-electron chi connectivity index (χ0n) is 18.0. The van der Waals surface area contributed by atoms with Crippen molar-refractivity contribution in [3.05, 3.63) is 68.4 Å². The van der Waals surface area contributed by atoms with Crippen LogP contribution in [0.4, 0.5) is 5.69 Å². The number of hydrogen-bond donors (Lipinski definition) is 1. The molecule has 0 atom stereocenters. The number of Topliss-reactive ketones (excluding diaryl/α,β-unsaturated/α-hetero) is 1. The van der Waals surface area contributed by atoms with Gasteiger partial charge in [-0.2, -0.15) is 0 Å². The molecule has 0 spiro atoms. The Bertz CT molecular complexity index is 1100. The van der Waals surface area contributed by atoms with Gasteiger partial charge in [-0.1, -0.05) is 24.6 Å². The van der Waals surface area contributed by atoms with E-state index in [2.05, 4.69) is 0 Å². The van der Waals surface area contributed by atoms with Crippen LogP contribution in [0.25, 0.3) is 5.57 Å². The molecule has 1 aliphatic heterocycles. The Balaban J connectivity index is 2.09. The van der Waals surface area contributed by atoms with Gasteiger partial charge < -0.3 is 14.6 Å². The Morgan fingerprint density at radius 3 is 2.29 bits per heavy atom. The van der Waals surface area contributed by atoms with E-state index in [0.29, 0.717) is 23.5 Å². The number of hydrogen-bond acceptors (Lipinski definition) is 6. The maximum Gasteiger partial charge on any atom is 0.288 e. The van der Waals surface area contributed by atoms with Crippen molar-refractivity contribution in [3.63, 3.8) is 0 Å². The lowest BCUT2D eigenvalue weighted by molar-refractivity contribution is -0.384. The number of rotatable bonds is 5. The lowest BCUT2D eigenvalue weighted by Crippen LogP contribution is -2.49. The molecule has 1 aliphatic rings. The molecular formula is C23H24ClNO6. The number of aliphatic hydroxyl groups excluding tert-OH is 1. The van der Waals surface area contributed by atoms with Crippen molar-refractivity contribution in [2.75, 3.05) is 0 Å². The number of aryl methyl sites for hydroxylation is 1. The molecule has 31 heavy (non-hydrogen) atoms. The predicted octanol–water partition coefficient (Wildman–Crippen LogP) is 6.03. The molecule has 0 aliphatic carbocycles. The molecule has 0 amide bonds. The molecule has 0 aromatic heterocycles. The van der Waals surface area contributed by atoms with Crippen LogP contribution in [0, 0.1) is 10.1 Å². The van der Waals surface area contributed by atoms with Gasteiger partial charge in [0.25, 0.3) is 5.69 Å². The molecule has 7 nitrogen and oxygen atoms in total. The second-order valence-corrected chi connectivity index (χ2v) is 8.73. The smallest absolute Gasteiger partial charge is 0.288 e. The molecule has 0 unspecified atom stereocenters. The molecule has 8 heteroatoms. The number of ether oxygens (including phenoxy) is 2. The third-order valence-electron chi connectivity index (χ3n) is 5.17. The fourth-order valence-corrected chi connectivity index (χ4v) is 3.93. The van der Waals surface area contributed by atoms with Crippen LogP contribution in [0.3, 0.4) is 0 Å². The van der Waals surface area contributed by atoms with Crippen molar-refractivity contribution in [2.45, 2.75) is 52.2 Å². The second kappa shape index (κ2) is 7.98. The first-order valence-electron chi connectivity index (χ1n) is 9.81. The predicted molar refractivity (Wildman–Crippen MR) is 118 cm³/mol. The first-order valence-corrected chi connectivity index (χ1v) is 10.2. The van der Waals surface area contributed by atoms with Crippen LogP contribution in [-0.4, -0.2) is 27.0 Å². The van der Waals surface area contributed by atoms with Crippen molar-refractivity contribution in [2.24, 2.45) is 0 Å². The summed E-state index contributed by atoms with van der Waals surface area (Å²) in [7, 11) is 0. The van der Waals surface area contributed by atoms with Crippen molar-refractivity contribution >= 4 is 28.6 Å². The van der Waals surface area contributed by atoms with E-state index in [0.717, 1.165) is 5.56 Å². The van der Waals surface area contributed by atoms with E-state index >= 15 is 0 Å². The standard InChI is InChI=1S/C23H24ClNO6/c1-6-13-7-8-14(30-15-9-10-18(25(28)29)17(24)12-15)11-16(13)19-20(26)22(2,3)31-23(4,5)21(19)27/h7-12,26H,6H2,1-5H3. The normalized spacial score (nSPS) is 17.5. The molecule has 2 aromatic rings. The number of nitrogens with zero attached hydrogens (tertiary/aromatic N) is 1. The summed E-state index contributed by atoms with van der Waals surface area (Å²) in [4.78, 5) is 23.5. The summed E-state index contributed by atoms with van der Waals surface area (Å²) in [5.74, 6) is 0.242. The van der Waals surface area contributed by atoms with Crippen LogP contribution in [0.15, 0.2) is 42.2 Å². The molecule has 0 saturated carbocycles. The maximum absolute atomic E-state index is 13.2. The average molecular weight is 446 g/mol. The number of halogens is 1. The van der Waals surface area contributed by atoms with Gasteiger partial charge in [0, 0.05) is 12.1 Å². The summed E-state index contributed by atoms with van der Waals surface area (Å²) in [6.07, 6.45) is 0.630. The molecule has 0 radical (unpaired) electrons. The maximum atomic E-state index is 13.2. The summed E-state index contributed by atoms with van der Waals surface area (Å²) >= 11 is 5.97. The minimum Gasteiger partial charge on any atom is -0.508 e. The fraction of sp³-hybridized carbons (Fsp3) is 0.348. The minimum absolute atomic E-state index is 0.0450. The number of carbonyl (C=O) groups is 1. The third kappa shape index (κ3) is 4.29. The lowest BCUT2D eigenvalue weighted by Gasteiger charge is -2.40. The number of ketones is 1. The lowest BCUT2D eigenvalue weighted by atomic mass is 9.81. The van der Waals surface area contributed by atoms with E-state index in [9.17, 15) is 20.0 Å². The highest BCUT2D eigenvalue weighted by molar-refractivity contribution is 6.32. The van der Waals surface area contributed by atoms with Gasteiger partial charge >= 0.3 is 0 Å². The van der Waals surface area contributed by atoms with E-state index in [1.807, 2.05) is 13.0 Å². The van der Waals surface area contributed by atoms with E-state index in [4.69, 9.17) is 21.1 Å². The number of nitro benzene ring substituents is 1. The molecule has 0 saturated heterocycles. The molecule has 0 fully saturated rings. The van der Waals surface area contributed by atoms with Crippen molar-refractivity contribution in [3.8, 4) is 11.5 Å². The van der Waals surface area contributed by atoms with Gasteiger partial charge in [0.1, 0.15) is 33.5 Å². The van der Waals surface area contributed by atoms with E-state index < -0.39 is 16.1 Å². The van der Waals surface area contributed by atoms with Crippen molar-refractivity contribution in [1.82, 2.24) is 0 Å². The number of nitro groups is 1. The molecule has 0 bridgehead atoms. The highest BCUT2D eigenvalue weighted by atomic mass is 35.5. The number of benzene rings is 2. The molecule has 3 rings (SSSR count). The third-order valence-corrected chi connectivity index (χ3v) is 5.48. The van der Waals surface area contributed by atoms with Crippen LogP contribution in [0.1, 0.15) is 45.7 Å². The average Bonchev–Trinajstić information content (AvgIpc) is 2.66. The van der Waals surface area contributed by atoms with Crippen molar-refractivity contribution < 1.29 is 24.3 Å². The van der Waals surface area contributed by atoms with Gasteiger partial charge in [-0.3, -0.25) is 14.9 Å². The first-order chi connectivity index (χ1) is 14.4. The van der Waals surface area contributed by atoms with E-state index in [1.54, 1.807) is 39.8 Å². The largest absolute Gasteiger partial charge is 0.508 e. The molecule has 164 valence electrons. The molecule has 2 aromatic carbocycles. The fourth-order valence-electron chi connectivity index (χ4n) is 3.69. The summed E-state index contributed by atoms with van der Waals surface area (Å²) in [6, 6.07) is 9.29. The summed E-state index contributed by atoms with van der Waals surface area (Å²) < 4.78 is 11.7. The molecule has 1 heterocycles. The Morgan fingerprint density at radius 2 is 1.71 bits per heavy atom. The quantitative estimate of drug-likeness (QED) is 0.445. The Hall–Kier alpha value is -2.90. The monoisotopic (exact) mass is 445 g/mol. The zero-order valence-corrected chi connectivity index (χ0v) is 18.7. The van der Waals surface area contributed by atoms with E-state index in [1.165, 1.54) is 18.2 Å². The summed E-state index contributed by atoms with van der Waals surface area (Å²) in [5, 5.41) is 21.8. The van der Waals surface area contributed by atoms with Gasteiger partial charge in [0.05, 0.1) is 10.5 Å². The highest BCUT2D eigenvalue weighted by Gasteiger charge is 2.47.